The molecule has 0 aromatic rings. The van der Waals surface area contributed by atoms with Crippen LogP contribution >= 0.6 is 55.9 Å². The smallest absolute Gasteiger partial charge is 0 e. The van der Waals surface area contributed by atoms with Crippen molar-refractivity contribution in [2.24, 2.45) is 0 Å². The van der Waals surface area contributed by atoms with Gasteiger partial charge in [-0.05, 0) is 0 Å². The van der Waals surface area contributed by atoms with Crippen molar-refractivity contribution in [3.8, 4) is 0 Å². The summed E-state index contributed by atoms with van der Waals surface area (Å²) in [5, 5.41) is 0. The van der Waals surface area contributed by atoms with Crippen molar-refractivity contribution < 1.29 is 0 Å². The molecule has 0 heterocycles. The van der Waals surface area contributed by atoms with Gasteiger partial charge < -0.3 is 0 Å². The summed E-state index contributed by atoms with van der Waals surface area (Å²) >= 11 is 7.54. The van der Waals surface area contributed by atoms with Crippen LogP contribution in [0.3, 0.4) is 0 Å². The van der Waals surface area contributed by atoms with Gasteiger partial charge in [0.1, 0.15) is 0 Å². The molecule has 0 unspecified atom stereocenters. The summed E-state index contributed by atoms with van der Waals surface area (Å²) in [4.78, 5) is 0. The molecule has 5 heteroatoms. The van der Waals surface area contributed by atoms with Gasteiger partial charge >= 0.3 is 63.8 Å². The predicted octanol–water partition coefficient (Wildman–Crippen LogP) is 1.90. The van der Waals surface area contributed by atoms with Crippen molar-refractivity contribution in [1.82, 2.24) is 0 Å². The van der Waals surface area contributed by atoms with E-state index in [0.717, 1.165) is 0 Å². The molecule has 0 aliphatic carbocycles. The molecule has 0 spiro atoms. The minimum absolute atomic E-state index is 0. The molecular weight excluding hydrogens is 707 g/mol. The summed E-state index contributed by atoms with van der Waals surface area (Å²) in [5.41, 5.74) is 0. The first kappa shape index (κ1) is 11.7. The molecule has 0 aliphatic heterocycles. The van der Waals surface area contributed by atoms with Crippen molar-refractivity contribution in [1.29, 1.82) is 0 Å². The van der Waals surface area contributed by atoms with Crippen LogP contribution < -0.4 is 0 Å². The minimum atomic E-state index is -0.633. The Kier molecular flexibility index (Phi) is 18.5. The maximum absolute atomic E-state index is 2.51. The topological polar surface area (TPSA) is 0 Å². The van der Waals surface area contributed by atoms with Gasteiger partial charge in [0, 0.05) is 27.3 Å². The average Bonchev–Trinajstić information content (AvgIpc) is 0.811. The Bertz CT molecular complexity index is 11.6. The van der Waals surface area contributed by atoms with E-state index in [-0.39, 0.29) is 27.3 Å². The Morgan fingerprint density at radius 2 is 1.00 bits per heavy atom. The summed E-state index contributed by atoms with van der Waals surface area (Å²) in [6.45, 7) is 0. The molecule has 0 aromatic carbocycles. The fraction of sp³-hybridized carbons (Fsp3) is 0. The number of hydrogen-bond donors (Lipinski definition) is 0. The van der Waals surface area contributed by atoms with E-state index in [1.807, 2.05) is 0 Å². The van der Waals surface area contributed by atoms with Gasteiger partial charge in [-0.3, -0.25) is 0 Å². The molecule has 29 valence electrons. The van der Waals surface area contributed by atoms with Gasteiger partial charge in [-0.2, -0.15) is 0 Å². The molecule has 0 aromatic heterocycles. The van der Waals surface area contributed by atoms with Gasteiger partial charge in [0.25, 0.3) is 0 Å². The zero-order valence-electron chi connectivity index (χ0n) is 2.13. The van der Waals surface area contributed by atoms with Crippen LogP contribution in [0.25, 0.3) is 0 Å². The van der Waals surface area contributed by atoms with Crippen molar-refractivity contribution >= 4 is 91.1 Å². The van der Waals surface area contributed by atoms with Crippen LogP contribution in [0.15, 0.2) is 0 Å². The SMILES string of the molecule is [I][Sn]([I])[I].[Pb]. The molecular formula is I3PbSn. The third-order valence-corrected chi connectivity index (χ3v) is 0. The Morgan fingerprint density at radius 1 is 1.00 bits per heavy atom. The molecule has 0 N–H and O–H groups in total. The van der Waals surface area contributed by atoms with E-state index >= 15 is 0 Å². The van der Waals surface area contributed by atoms with Crippen molar-refractivity contribution in [3.63, 3.8) is 0 Å². The normalized spacial score (nSPS) is 7.20. The van der Waals surface area contributed by atoms with Crippen LogP contribution in [0.1, 0.15) is 0 Å². The van der Waals surface area contributed by atoms with E-state index in [2.05, 4.69) is 55.9 Å². The predicted molar refractivity (Wildman–Crippen MR) is 53.6 cm³/mol. The van der Waals surface area contributed by atoms with Crippen LogP contribution in [0.4, 0.5) is 0 Å². The summed E-state index contributed by atoms with van der Waals surface area (Å²) in [7, 11) is -0.633. The molecule has 0 aliphatic rings. The van der Waals surface area contributed by atoms with E-state index in [0.29, 0.717) is 0 Å². The van der Waals surface area contributed by atoms with Gasteiger partial charge in [-0.25, -0.2) is 0 Å². The van der Waals surface area contributed by atoms with Crippen LogP contribution in [-0.4, -0.2) is 35.2 Å². The fourth-order valence-electron chi connectivity index (χ4n) is 0. The molecule has 0 nitrogen and oxygen atoms in total. The zero-order valence-corrected chi connectivity index (χ0v) is 15.3. The van der Waals surface area contributed by atoms with Gasteiger partial charge in [-0.1, -0.05) is 0 Å². The average molecular weight is 707 g/mol. The number of rotatable bonds is 0. The van der Waals surface area contributed by atoms with E-state index in [9.17, 15) is 0 Å². The first-order valence-electron chi connectivity index (χ1n) is 0.567. The number of hydrogen-bond acceptors (Lipinski definition) is 0. The Labute approximate surface area is 88.1 Å². The molecule has 0 rings (SSSR count). The van der Waals surface area contributed by atoms with E-state index in [1.165, 1.54) is 0 Å². The zero-order chi connectivity index (χ0) is 3.58. The molecule has 0 saturated heterocycles. The van der Waals surface area contributed by atoms with Crippen molar-refractivity contribution in [2.75, 3.05) is 0 Å². The minimum Gasteiger partial charge on any atom is 0 e. The first-order chi connectivity index (χ1) is 1.73. The monoisotopic (exact) mass is 709 g/mol. The van der Waals surface area contributed by atoms with Crippen LogP contribution in [-0.2, 0) is 0 Å². The Morgan fingerprint density at radius 3 is 1.00 bits per heavy atom. The third-order valence-electron chi connectivity index (χ3n) is 0. The first-order valence-corrected chi connectivity index (χ1v) is 25.5. The fourth-order valence-corrected chi connectivity index (χ4v) is 0. The van der Waals surface area contributed by atoms with E-state index < -0.39 is 7.86 Å². The maximum Gasteiger partial charge on any atom is 0 e. The summed E-state index contributed by atoms with van der Waals surface area (Å²) in [6, 6.07) is 0. The van der Waals surface area contributed by atoms with Gasteiger partial charge in [0.15, 0.2) is 0 Å². The maximum atomic E-state index is 2.51. The Hall–Kier alpha value is 3.91. The van der Waals surface area contributed by atoms with Crippen LogP contribution in [0.2, 0.25) is 0 Å². The second kappa shape index (κ2) is 7.91. The van der Waals surface area contributed by atoms with E-state index in [4.69, 9.17) is 0 Å². The largest absolute Gasteiger partial charge is 0 e. The van der Waals surface area contributed by atoms with E-state index in [1.54, 1.807) is 0 Å². The van der Waals surface area contributed by atoms with Crippen LogP contribution in [0.5, 0.6) is 0 Å². The molecule has 5 radical (unpaired) electrons. The molecule has 0 saturated carbocycles. The van der Waals surface area contributed by atoms with Crippen LogP contribution in [0, 0.1) is 0 Å². The van der Waals surface area contributed by atoms with Gasteiger partial charge in [0.05, 0.1) is 0 Å². The second-order valence-electron chi connectivity index (χ2n) is 0.214. The Balaban J connectivity index is 0. The van der Waals surface area contributed by atoms with Crippen molar-refractivity contribution in [2.45, 2.75) is 0 Å². The second-order valence-corrected chi connectivity index (χ2v) is 64.7. The summed E-state index contributed by atoms with van der Waals surface area (Å²) in [6.07, 6.45) is 0. The molecule has 5 heavy (non-hydrogen) atoms. The quantitative estimate of drug-likeness (QED) is 0.267. The molecule has 0 amide bonds. The van der Waals surface area contributed by atoms with Crippen molar-refractivity contribution in [3.05, 3.63) is 0 Å². The number of halogens is 3. The standard InChI is InChI=1S/3HI.Pb.Sn/h3*1H;;/q;;;;+3/p-3. The van der Waals surface area contributed by atoms with Gasteiger partial charge in [0.2, 0.25) is 0 Å². The molecule has 0 fully saturated rings. The molecule has 0 bridgehead atoms. The van der Waals surface area contributed by atoms with Gasteiger partial charge in [-0.15, -0.1) is 0 Å². The summed E-state index contributed by atoms with van der Waals surface area (Å²) in [5.74, 6) is 0. The molecule has 0 atom stereocenters. The summed E-state index contributed by atoms with van der Waals surface area (Å²) < 4.78 is 0. The third kappa shape index (κ3) is 18.1.